The highest BCUT2D eigenvalue weighted by atomic mass is 28.4. The molecule has 2 atom stereocenters. The van der Waals surface area contributed by atoms with E-state index in [0.29, 0.717) is 5.89 Å². The molecule has 0 aliphatic carbocycles. The minimum Gasteiger partial charge on any atom is -0.436 e. The predicted octanol–water partition coefficient (Wildman–Crippen LogP) is 6.37. The third-order valence-electron chi connectivity index (χ3n) is 7.30. The highest BCUT2D eigenvalue weighted by Gasteiger charge is 2.40. The van der Waals surface area contributed by atoms with Crippen LogP contribution in [0.15, 0.2) is 65.5 Å². The first-order valence-electron chi connectivity index (χ1n) is 12.4. The number of para-hydroxylation sites is 1. The molecule has 2 aromatic heterocycles. The number of fused-ring (bicyclic) bond motifs is 1. The average Bonchev–Trinajstić information content (AvgIpc) is 3.47. The van der Waals surface area contributed by atoms with Gasteiger partial charge in [-0.15, -0.1) is 0 Å². The van der Waals surface area contributed by atoms with Crippen LogP contribution in [0.4, 0.5) is 0 Å². The summed E-state index contributed by atoms with van der Waals surface area (Å²) in [5, 5.41) is 0.0826. The Morgan fingerprint density at radius 1 is 1.14 bits per heavy atom. The summed E-state index contributed by atoms with van der Waals surface area (Å²) in [6.07, 6.45) is 4.86. The number of nitrogens with two attached hydrogens (primary N) is 1. The molecule has 0 unspecified atom stereocenters. The maximum Gasteiger partial charge on any atom is 0.268 e. The van der Waals surface area contributed by atoms with Gasteiger partial charge in [-0.05, 0) is 61.7 Å². The first-order chi connectivity index (χ1) is 17.0. The van der Waals surface area contributed by atoms with E-state index in [2.05, 4.69) is 51.8 Å². The van der Waals surface area contributed by atoms with Crippen LogP contribution in [0.3, 0.4) is 0 Å². The molecule has 190 valence electrons. The molecule has 0 fully saturated rings. The molecule has 7 nitrogen and oxygen atoms in total. The van der Waals surface area contributed by atoms with Gasteiger partial charge in [-0.2, -0.15) is 0 Å². The van der Waals surface area contributed by atoms with Crippen LogP contribution < -0.4 is 5.73 Å². The molecule has 0 spiro atoms. The van der Waals surface area contributed by atoms with Gasteiger partial charge in [0.15, 0.2) is 13.9 Å². The van der Waals surface area contributed by atoms with E-state index < -0.39 is 14.2 Å². The van der Waals surface area contributed by atoms with Crippen molar-refractivity contribution in [1.29, 1.82) is 0 Å². The third kappa shape index (κ3) is 5.44. The largest absolute Gasteiger partial charge is 0.436 e. The number of primary amides is 1. The Labute approximate surface area is 213 Å². The Morgan fingerprint density at radius 3 is 2.50 bits per heavy atom. The standard InChI is InChI=1S/C28H36N4O3Si/c1-19(35-36(5,6)28(2,3)4)23(32-17-22(26(29)33)30-18-32)16-15-20-13-10-14-24-25(20)31-27(34-24)21-11-8-7-9-12-21/h7-14,17-19,23H,15-16H2,1-6H3,(H2,29,33)/t19-,23+/m0/s1. The molecule has 0 saturated heterocycles. The molecular weight excluding hydrogens is 468 g/mol. The molecule has 0 aliphatic rings. The number of imidazole rings is 1. The van der Waals surface area contributed by atoms with Crippen LogP contribution in [-0.2, 0) is 10.8 Å². The van der Waals surface area contributed by atoms with E-state index in [1.165, 1.54) is 0 Å². The summed E-state index contributed by atoms with van der Waals surface area (Å²) in [4.78, 5) is 20.8. The van der Waals surface area contributed by atoms with Crippen molar-refractivity contribution in [3.05, 3.63) is 72.3 Å². The smallest absolute Gasteiger partial charge is 0.268 e. The predicted molar refractivity (Wildman–Crippen MR) is 145 cm³/mol. The van der Waals surface area contributed by atoms with Crippen LogP contribution >= 0.6 is 0 Å². The topological polar surface area (TPSA) is 96.2 Å². The molecule has 2 N–H and O–H groups in total. The van der Waals surface area contributed by atoms with E-state index in [0.717, 1.165) is 35.1 Å². The normalized spacial score (nSPS) is 14.2. The van der Waals surface area contributed by atoms with E-state index in [1.807, 2.05) is 47.0 Å². The number of amides is 1. The van der Waals surface area contributed by atoms with E-state index in [1.54, 1.807) is 12.5 Å². The summed E-state index contributed by atoms with van der Waals surface area (Å²) in [6, 6.07) is 15.9. The number of oxazole rings is 1. The molecule has 4 aromatic rings. The monoisotopic (exact) mass is 504 g/mol. The number of aromatic nitrogens is 3. The molecule has 2 heterocycles. The highest BCUT2D eigenvalue weighted by molar-refractivity contribution is 6.74. The Hall–Kier alpha value is -3.23. The van der Waals surface area contributed by atoms with Crippen LogP contribution in [-0.4, -0.2) is 34.9 Å². The maximum atomic E-state index is 11.7. The Balaban J connectivity index is 1.62. The molecule has 0 aliphatic heterocycles. The zero-order valence-corrected chi connectivity index (χ0v) is 23.0. The first kappa shape index (κ1) is 25.8. The van der Waals surface area contributed by atoms with Gasteiger partial charge in [-0.25, -0.2) is 9.97 Å². The van der Waals surface area contributed by atoms with Crippen molar-refractivity contribution in [2.45, 2.75) is 70.8 Å². The van der Waals surface area contributed by atoms with Gasteiger partial charge in [0, 0.05) is 11.8 Å². The third-order valence-corrected chi connectivity index (χ3v) is 11.9. The van der Waals surface area contributed by atoms with Gasteiger partial charge < -0.3 is 19.1 Å². The summed E-state index contributed by atoms with van der Waals surface area (Å²) in [6.45, 7) is 13.3. The van der Waals surface area contributed by atoms with Crippen molar-refractivity contribution in [1.82, 2.24) is 14.5 Å². The van der Waals surface area contributed by atoms with Crippen molar-refractivity contribution in [3.63, 3.8) is 0 Å². The number of benzene rings is 2. The van der Waals surface area contributed by atoms with Gasteiger partial charge in [0.1, 0.15) is 11.2 Å². The lowest BCUT2D eigenvalue weighted by Gasteiger charge is -2.40. The van der Waals surface area contributed by atoms with E-state index in [-0.39, 0.29) is 22.9 Å². The van der Waals surface area contributed by atoms with Crippen molar-refractivity contribution in [2.24, 2.45) is 5.73 Å². The second-order valence-electron chi connectivity index (χ2n) is 10.9. The lowest BCUT2D eigenvalue weighted by molar-refractivity contribution is 0.0995. The minimum atomic E-state index is -2.02. The molecule has 2 aromatic carbocycles. The highest BCUT2D eigenvalue weighted by Crippen LogP contribution is 2.39. The molecule has 0 saturated carbocycles. The van der Waals surface area contributed by atoms with Crippen LogP contribution in [0.5, 0.6) is 0 Å². The van der Waals surface area contributed by atoms with E-state index in [4.69, 9.17) is 19.6 Å². The number of carbonyl (C=O) groups excluding carboxylic acids is 1. The fourth-order valence-corrected chi connectivity index (χ4v) is 5.65. The number of aryl methyl sites for hydroxylation is 1. The van der Waals surface area contributed by atoms with Crippen molar-refractivity contribution < 1.29 is 13.6 Å². The fraction of sp³-hybridized carbons (Fsp3) is 0.393. The lowest BCUT2D eigenvalue weighted by Crippen LogP contribution is -2.45. The van der Waals surface area contributed by atoms with Crippen molar-refractivity contribution in [2.75, 3.05) is 0 Å². The van der Waals surface area contributed by atoms with Crippen LogP contribution in [0, 0.1) is 0 Å². The number of nitrogens with zero attached hydrogens (tertiary/aromatic N) is 3. The molecule has 0 bridgehead atoms. The molecule has 36 heavy (non-hydrogen) atoms. The van der Waals surface area contributed by atoms with E-state index in [9.17, 15) is 4.79 Å². The van der Waals surface area contributed by atoms with E-state index >= 15 is 0 Å². The van der Waals surface area contributed by atoms with Gasteiger partial charge in [-0.3, -0.25) is 4.79 Å². The summed E-state index contributed by atoms with van der Waals surface area (Å²) >= 11 is 0. The minimum absolute atomic E-state index is 0.0320. The first-order valence-corrected chi connectivity index (χ1v) is 15.3. The Kier molecular flexibility index (Phi) is 7.20. The zero-order valence-electron chi connectivity index (χ0n) is 22.0. The Morgan fingerprint density at radius 2 is 1.86 bits per heavy atom. The quantitative estimate of drug-likeness (QED) is 0.267. The molecule has 0 radical (unpaired) electrons. The lowest BCUT2D eigenvalue weighted by atomic mass is 10.0. The number of rotatable bonds is 9. The maximum absolute atomic E-state index is 11.7. The summed E-state index contributed by atoms with van der Waals surface area (Å²) in [7, 11) is -2.02. The van der Waals surface area contributed by atoms with Gasteiger partial charge in [0.25, 0.3) is 5.91 Å². The molecule has 8 heteroatoms. The van der Waals surface area contributed by atoms with Gasteiger partial charge in [0.05, 0.1) is 18.5 Å². The summed E-state index contributed by atoms with van der Waals surface area (Å²) in [5.74, 6) is 0.0798. The summed E-state index contributed by atoms with van der Waals surface area (Å²) < 4.78 is 14.8. The van der Waals surface area contributed by atoms with Gasteiger partial charge in [0.2, 0.25) is 5.89 Å². The molecule has 1 amide bonds. The summed E-state index contributed by atoms with van der Waals surface area (Å²) in [5.41, 5.74) is 9.44. The second kappa shape index (κ2) is 10.0. The number of carbonyl (C=O) groups is 1. The Bertz CT molecular complexity index is 1340. The van der Waals surface area contributed by atoms with Crippen LogP contribution in [0.2, 0.25) is 18.1 Å². The second-order valence-corrected chi connectivity index (χ2v) is 15.7. The fourth-order valence-electron chi connectivity index (χ4n) is 4.21. The number of hydrogen-bond acceptors (Lipinski definition) is 5. The zero-order chi connectivity index (χ0) is 26.1. The molecule has 4 rings (SSSR count). The molecular formula is C28H36N4O3Si. The van der Waals surface area contributed by atoms with Gasteiger partial charge >= 0.3 is 0 Å². The number of hydrogen-bond donors (Lipinski definition) is 1. The van der Waals surface area contributed by atoms with Crippen molar-refractivity contribution >= 4 is 25.3 Å². The van der Waals surface area contributed by atoms with Crippen LogP contribution in [0.25, 0.3) is 22.6 Å². The van der Waals surface area contributed by atoms with Crippen LogP contribution in [0.1, 0.15) is 56.2 Å². The van der Waals surface area contributed by atoms with Crippen molar-refractivity contribution in [3.8, 4) is 11.5 Å². The average molecular weight is 505 g/mol. The van der Waals surface area contributed by atoms with Gasteiger partial charge in [-0.1, -0.05) is 51.1 Å². The SMILES string of the molecule is C[C@H](O[Si](C)(C)C(C)(C)C)[C@@H](CCc1cccc2oc(-c3ccccc3)nc12)n1cnc(C(N)=O)c1.